The number of carbonyl (C=O) groups excluding carboxylic acids is 1. The van der Waals surface area contributed by atoms with Gasteiger partial charge >= 0.3 is 0 Å². The lowest BCUT2D eigenvalue weighted by molar-refractivity contribution is 0.0915. The molecule has 0 spiro atoms. The van der Waals surface area contributed by atoms with Crippen LogP contribution in [0.3, 0.4) is 0 Å². The monoisotopic (exact) mass is 329 g/mol. The topological polar surface area (TPSA) is 74.8 Å². The van der Waals surface area contributed by atoms with Gasteiger partial charge in [-0.1, -0.05) is 19.1 Å². The summed E-state index contributed by atoms with van der Waals surface area (Å²) in [6, 6.07) is 7.75. The normalized spacial score (nSPS) is 16.4. The van der Waals surface area contributed by atoms with Gasteiger partial charge in [0.1, 0.15) is 5.82 Å². The van der Waals surface area contributed by atoms with Crippen LogP contribution in [-0.4, -0.2) is 22.4 Å². The quantitative estimate of drug-likeness (QED) is 0.854. The molecule has 6 heteroatoms. The van der Waals surface area contributed by atoms with E-state index in [-0.39, 0.29) is 22.6 Å². The number of halogens is 1. The molecule has 3 rings (SSSR count). The van der Waals surface area contributed by atoms with Gasteiger partial charge in [0.2, 0.25) is 0 Å². The Balaban J connectivity index is 1.68. The van der Waals surface area contributed by atoms with Crippen molar-refractivity contribution in [2.24, 2.45) is 11.3 Å². The van der Waals surface area contributed by atoms with Gasteiger partial charge in [-0.2, -0.15) is 0 Å². The van der Waals surface area contributed by atoms with E-state index in [4.69, 9.17) is 0 Å². The summed E-state index contributed by atoms with van der Waals surface area (Å²) < 4.78 is 13.1. The zero-order valence-corrected chi connectivity index (χ0v) is 13.5. The van der Waals surface area contributed by atoms with E-state index in [0.29, 0.717) is 12.5 Å². The summed E-state index contributed by atoms with van der Waals surface area (Å²) in [5, 5.41) is 2.87. The summed E-state index contributed by atoms with van der Waals surface area (Å²) in [4.78, 5) is 29.8. The van der Waals surface area contributed by atoms with Crippen molar-refractivity contribution in [3.8, 4) is 0 Å². The molecule has 2 aromatic rings. The molecular formula is C18H20FN3O2. The molecule has 0 radical (unpaired) electrons. The Kier molecular flexibility index (Phi) is 4.46. The Morgan fingerprint density at radius 1 is 1.33 bits per heavy atom. The van der Waals surface area contributed by atoms with Gasteiger partial charge in [-0.25, -0.2) is 9.37 Å². The first-order chi connectivity index (χ1) is 11.5. The predicted octanol–water partition coefficient (Wildman–Crippen LogP) is 2.30. The van der Waals surface area contributed by atoms with Crippen molar-refractivity contribution < 1.29 is 9.18 Å². The number of nitrogens with one attached hydrogen (secondary N) is 2. The minimum Gasteiger partial charge on any atom is -0.349 e. The van der Waals surface area contributed by atoms with E-state index in [2.05, 4.69) is 22.2 Å². The van der Waals surface area contributed by atoms with E-state index in [1.54, 1.807) is 12.1 Å². The highest BCUT2D eigenvalue weighted by Gasteiger charge is 2.41. The van der Waals surface area contributed by atoms with Gasteiger partial charge in [-0.15, -0.1) is 0 Å². The van der Waals surface area contributed by atoms with Crippen molar-refractivity contribution in [1.29, 1.82) is 0 Å². The molecule has 0 unspecified atom stereocenters. The van der Waals surface area contributed by atoms with Crippen molar-refractivity contribution in [3.63, 3.8) is 0 Å². The van der Waals surface area contributed by atoms with Crippen LogP contribution in [0.4, 0.5) is 4.39 Å². The molecule has 1 aromatic carbocycles. The van der Waals surface area contributed by atoms with Gasteiger partial charge in [-0.05, 0) is 48.3 Å². The number of H-pyrrole nitrogens is 1. The molecule has 5 nitrogen and oxygen atoms in total. The van der Waals surface area contributed by atoms with E-state index in [9.17, 15) is 14.0 Å². The molecular weight excluding hydrogens is 309 g/mol. The second-order valence-corrected chi connectivity index (χ2v) is 6.70. The number of aromatic amines is 1. The van der Waals surface area contributed by atoms with E-state index in [1.165, 1.54) is 24.4 Å². The molecule has 0 saturated heterocycles. The summed E-state index contributed by atoms with van der Waals surface area (Å²) >= 11 is 0. The zero-order chi connectivity index (χ0) is 17.2. The molecule has 0 bridgehead atoms. The van der Waals surface area contributed by atoms with Crippen molar-refractivity contribution in [1.82, 2.24) is 15.3 Å². The average molecular weight is 329 g/mol. The van der Waals surface area contributed by atoms with Crippen molar-refractivity contribution in [2.45, 2.75) is 26.2 Å². The first kappa shape index (κ1) is 16.4. The summed E-state index contributed by atoms with van der Waals surface area (Å²) in [6.07, 6.45) is 4.34. The lowest BCUT2D eigenvalue weighted by Gasteiger charge is -2.30. The summed E-state index contributed by atoms with van der Waals surface area (Å²) in [6.45, 7) is 2.61. The molecule has 1 fully saturated rings. The second kappa shape index (κ2) is 6.55. The van der Waals surface area contributed by atoms with Crippen molar-refractivity contribution in [3.05, 3.63) is 64.1 Å². The SMILES string of the molecule is C[C@@](CNC(=O)c1nccc(=O)[nH]1)(Cc1ccc(F)cc1)C1CC1. The third-order valence-corrected chi connectivity index (χ3v) is 4.62. The highest BCUT2D eigenvalue weighted by molar-refractivity contribution is 5.90. The number of hydrogen-bond donors (Lipinski definition) is 2. The lowest BCUT2D eigenvalue weighted by atomic mass is 9.79. The zero-order valence-electron chi connectivity index (χ0n) is 13.5. The first-order valence-corrected chi connectivity index (χ1v) is 8.04. The third kappa shape index (κ3) is 3.88. The van der Waals surface area contributed by atoms with Gasteiger partial charge in [0.25, 0.3) is 11.5 Å². The summed E-state index contributed by atoms with van der Waals surface area (Å²) in [5.41, 5.74) is 0.584. The fourth-order valence-electron chi connectivity index (χ4n) is 3.05. The van der Waals surface area contributed by atoms with E-state index < -0.39 is 5.91 Å². The molecule has 1 saturated carbocycles. The molecule has 1 aromatic heterocycles. The van der Waals surface area contributed by atoms with Crippen molar-refractivity contribution >= 4 is 5.91 Å². The number of benzene rings is 1. The van der Waals surface area contributed by atoms with Gasteiger partial charge < -0.3 is 10.3 Å². The largest absolute Gasteiger partial charge is 0.349 e. The molecule has 1 aliphatic carbocycles. The smallest absolute Gasteiger partial charge is 0.287 e. The summed E-state index contributed by atoms with van der Waals surface area (Å²) in [7, 11) is 0. The molecule has 0 aliphatic heterocycles. The first-order valence-electron chi connectivity index (χ1n) is 8.04. The Morgan fingerprint density at radius 2 is 2.04 bits per heavy atom. The fraction of sp³-hybridized carbons (Fsp3) is 0.389. The van der Waals surface area contributed by atoms with Crippen LogP contribution >= 0.6 is 0 Å². The highest BCUT2D eigenvalue weighted by Crippen LogP contribution is 2.47. The fourth-order valence-corrected chi connectivity index (χ4v) is 3.05. The van der Waals surface area contributed by atoms with Gasteiger partial charge in [0.05, 0.1) is 0 Å². The summed E-state index contributed by atoms with van der Waals surface area (Å²) in [5.74, 6) is -0.0916. The number of aromatic nitrogens is 2. The maximum Gasteiger partial charge on any atom is 0.287 e. The maximum absolute atomic E-state index is 13.1. The number of hydrogen-bond acceptors (Lipinski definition) is 3. The second-order valence-electron chi connectivity index (χ2n) is 6.70. The average Bonchev–Trinajstić information content (AvgIpc) is 3.40. The number of rotatable bonds is 6. The number of carbonyl (C=O) groups is 1. The van der Waals surface area contributed by atoms with Crippen LogP contribution in [0.15, 0.2) is 41.3 Å². The minimum absolute atomic E-state index is 0.0161. The van der Waals surface area contributed by atoms with Crippen LogP contribution in [0, 0.1) is 17.2 Å². The van der Waals surface area contributed by atoms with Crippen LogP contribution in [-0.2, 0) is 6.42 Å². The predicted molar refractivity (Wildman–Crippen MR) is 88.1 cm³/mol. The van der Waals surface area contributed by atoms with Crippen LogP contribution in [0.1, 0.15) is 35.9 Å². The standard InChI is InChI=1S/C18H20FN3O2/c1-18(13-4-5-13,10-12-2-6-14(19)7-3-12)11-21-17(24)16-20-9-8-15(23)22-16/h2-3,6-9,13H,4-5,10-11H2,1H3,(H,21,24)(H,20,22,23)/t18-/m0/s1. The Morgan fingerprint density at radius 3 is 2.67 bits per heavy atom. The van der Waals surface area contributed by atoms with Crippen LogP contribution in [0.25, 0.3) is 0 Å². The van der Waals surface area contributed by atoms with E-state index in [0.717, 1.165) is 24.8 Å². The highest BCUT2D eigenvalue weighted by atomic mass is 19.1. The third-order valence-electron chi connectivity index (χ3n) is 4.62. The molecule has 1 amide bonds. The molecule has 24 heavy (non-hydrogen) atoms. The maximum atomic E-state index is 13.1. The van der Waals surface area contributed by atoms with Gasteiger partial charge in [0.15, 0.2) is 5.82 Å². The van der Waals surface area contributed by atoms with E-state index in [1.807, 2.05) is 0 Å². The van der Waals surface area contributed by atoms with Crippen LogP contribution in [0.5, 0.6) is 0 Å². The van der Waals surface area contributed by atoms with Crippen molar-refractivity contribution in [2.75, 3.05) is 6.54 Å². The van der Waals surface area contributed by atoms with Crippen LogP contribution in [0.2, 0.25) is 0 Å². The minimum atomic E-state index is -0.390. The lowest BCUT2D eigenvalue weighted by Crippen LogP contribution is -2.39. The Labute approximate surface area is 139 Å². The molecule has 126 valence electrons. The number of amides is 1. The number of nitrogens with zero attached hydrogens (tertiary/aromatic N) is 1. The van der Waals surface area contributed by atoms with Crippen LogP contribution < -0.4 is 10.9 Å². The Bertz CT molecular complexity index is 783. The van der Waals surface area contributed by atoms with E-state index >= 15 is 0 Å². The molecule has 1 aliphatic rings. The Hall–Kier alpha value is -2.50. The van der Waals surface area contributed by atoms with Gasteiger partial charge in [0, 0.05) is 18.8 Å². The molecule has 2 N–H and O–H groups in total. The van der Waals surface area contributed by atoms with Gasteiger partial charge in [-0.3, -0.25) is 9.59 Å². The molecule has 1 heterocycles. The molecule has 1 atom stereocenters.